The number of amides is 2. The molecule has 3 heterocycles. The fraction of sp³-hybridized carbons (Fsp3) is 0.500. The van der Waals surface area contributed by atoms with Crippen molar-refractivity contribution in [1.82, 2.24) is 19.5 Å². The van der Waals surface area contributed by atoms with Gasteiger partial charge in [-0.3, -0.25) is 4.90 Å². The molecule has 2 amide bonds. The van der Waals surface area contributed by atoms with Crippen LogP contribution in [0.25, 0.3) is 16.4 Å². The van der Waals surface area contributed by atoms with Crippen molar-refractivity contribution in [1.29, 1.82) is 0 Å². The third kappa shape index (κ3) is 8.13. The highest BCUT2D eigenvalue weighted by molar-refractivity contribution is 5.91. The summed E-state index contributed by atoms with van der Waals surface area (Å²) in [5, 5.41) is 21.2. The van der Waals surface area contributed by atoms with E-state index in [4.69, 9.17) is 14.5 Å². The summed E-state index contributed by atoms with van der Waals surface area (Å²) >= 11 is 0. The first kappa shape index (κ1) is 34.0. The Bertz CT molecular complexity index is 1730. The molecular weight excluding hydrogens is 596 g/mol. The van der Waals surface area contributed by atoms with Crippen molar-refractivity contribution in [3.63, 3.8) is 0 Å². The third-order valence-electron chi connectivity index (χ3n) is 8.12. The second kappa shape index (κ2) is 13.4. The standard InChI is InChI=1S/C36H48N6O5/c1-23(2)28-20-38-42-31(41(34(45)47-36(6,7)8)21-26-14-11-13-24-12-9-10-15-27(24)26)18-30(39-32(28)42)37-19-25-16-17-40(22-29(25)43)33(44)46-35(3,4)5/h9-15,18,20,23,25,29,43H,16-17,19,21-22H2,1-8H3,(H,37,39)/t25-,29+/m1/s1. The lowest BCUT2D eigenvalue weighted by molar-refractivity contribution is -0.0104. The number of aromatic nitrogens is 3. The molecule has 11 nitrogen and oxygen atoms in total. The molecule has 0 saturated carbocycles. The quantitative estimate of drug-likeness (QED) is 0.221. The number of carbonyl (C=O) groups is 2. The van der Waals surface area contributed by atoms with Crippen molar-refractivity contribution >= 4 is 40.2 Å². The average molecular weight is 645 g/mol. The number of hydrogen-bond acceptors (Lipinski definition) is 8. The fourth-order valence-electron chi connectivity index (χ4n) is 5.76. The lowest BCUT2D eigenvalue weighted by Crippen LogP contribution is -2.49. The predicted molar refractivity (Wildman–Crippen MR) is 184 cm³/mol. The topological polar surface area (TPSA) is 122 Å². The van der Waals surface area contributed by atoms with Gasteiger partial charge >= 0.3 is 12.2 Å². The van der Waals surface area contributed by atoms with Crippen LogP contribution in [0.5, 0.6) is 0 Å². The van der Waals surface area contributed by atoms with Crippen LogP contribution in [0, 0.1) is 5.92 Å². The normalized spacial score (nSPS) is 17.3. The number of likely N-dealkylation sites (tertiary alicyclic amines) is 1. The zero-order chi connectivity index (χ0) is 34.1. The largest absolute Gasteiger partial charge is 0.444 e. The van der Waals surface area contributed by atoms with Crippen LogP contribution in [0.1, 0.15) is 78.9 Å². The van der Waals surface area contributed by atoms with Gasteiger partial charge in [-0.25, -0.2) is 14.6 Å². The summed E-state index contributed by atoms with van der Waals surface area (Å²) in [6.45, 7) is 16.5. The molecule has 0 spiro atoms. The second-order valence-electron chi connectivity index (χ2n) is 14.6. The Labute approximate surface area is 276 Å². The van der Waals surface area contributed by atoms with Gasteiger partial charge in [0.05, 0.1) is 25.4 Å². The summed E-state index contributed by atoms with van der Waals surface area (Å²) in [7, 11) is 0. The van der Waals surface area contributed by atoms with E-state index in [9.17, 15) is 14.7 Å². The van der Waals surface area contributed by atoms with Crippen molar-refractivity contribution in [2.75, 3.05) is 29.9 Å². The minimum absolute atomic E-state index is 0.123. The van der Waals surface area contributed by atoms with Crippen LogP contribution >= 0.6 is 0 Å². The molecule has 0 radical (unpaired) electrons. The molecule has 2 aromatic heterocycles. The van der Waals surface area contributed by atoms with E-state index in [0.29, 0.717) is 36.8 Å². The maximum Gasteiger partial charge on any atom is 0.416 e. The zero-order valence-electron chi connectivity index (χ0n) is 28.8. The third-order valence-corrected chi connectivity index (χ3v) is 8.12. The van der Waals surface area contributed by atoms with Gasteiger partial charge in [0, 0.05) is 30.6 Å². The van der Waals surface area contributed by atoms with Gasteiger partial charge < -0.3 is 24.8 Å². The van der Waals surface area contributed by atoms with Crippen LogP contribution < -0.4 is 10.2 Å². The van der Waals surface area contributed by atoms with Crippen LogP contribution in [-0.2, 0) is 16.0 Å². The average Bonchev–Trinajstić information content (AvgIpc) is 3.42. The molecule has 2 atom stereocenters. The molecule has 0 bridgehead atoms. The molecule has 4 aromatic rings. The number of rotatable bonds is 7. The molecule has 11 heteroatoms. The summed E-state index contributed by atoms with van der Waals surface area (Å²) in [6, 6.07) is 16.0. The number of nitrogens with zero attached hydrogens (tertiary/aromatic N) is 5. The minimum Gasteiger partial charge on any atom is -0.444 e. The smallest absolute Gasteiger partial charge is 0.416 e. The highest BCUT2D eigenvalue weighted by atomic mass is 16.6. The Morgan fingerprint density at radius 3 is 2.43 bits per heavy atom. The Kier molecular flexibility index (Phi) is 9.68. The van der Waals surface area contributed by atoms with Crippen molar-refractivity contribution in [3.8, 4) is 0 Å². The van der Waals surface area contributed by atoms with E-state index >= 15 is 0 Å². The van der Waals surface area contributed by atoms with Crippen molar-refractivity contribution < 1.29 is 24.2 Å². The Morgan fingerprint density at radius 2 is 1.74 bits per heavy atom. The fourth-order valence-corrected chi connectivity index (χ4v) is 5.76. The summed E-state index contributed by atoms with van der Waals surface area (Å²) in [4.78, 5) is 34.7. The van der Waals surface area contributed by atoms with Gasteiger partial charge in [0.25, 0.3) is 0 Å². The Morgan fingerprint density at radius 1 is 1.04 bits per heavy atom. The van der Waals surface area contributed by atoms with E-state index in [1.807, 2.05) is 65.8 Å². The number of aliphatic hydroxyl groups excluding tert-OH is 1. The monoisotopic (exact) mass is 644 g/mol. The van der Waals surface area contributed by atoms with Gasteiger partial charge in [0.1, 0.15) is 22.8 Å². The van der Waals surface area contributed by atoms with E-state index in [2.05, 4.69) is 42.5 Å². The molecule has 47 heavy (non-hydrogen) atoms. The SMILES string of the molecule is CC(C)c1cnn2c(N(Cc3cccc4ccccc34)C(=O)OC(C)(C)C)cc(NC[C@H]3CCN(C(=O)OC(C)(C)C)C[C@@H]3O)nc12. The van der Waals surface area contributed by atoms with Crippen molar-refractivity contribution in [3.05, 3.63) is 65.9 Å². The first-order valence-corrected chi connectivity index (χ1v) is 16.4. The molecule has 1 fully saturated rings. The number of hydrogen-bond donors (Lipinski definition) is 2. The highest BCUT2D eigenvalue weighted by Gasteiger charge is 2.33. The van der Waals surface area contributed by atoms with E-state index in [1.54, 1.807) is 26.6 Å². The molecule has 1 aliphatic heterocycles. The van der Waals surface area contributed by atoms with Gasteiger partial charge in [0.2, 0.25) is 0 Å². The summed E-state index contributed by atoms with van der Waals surface area (Å²) in [6.07, 6.45) is 0.724. The molecule has 2 N–H and O–H groups in total. The Balaban J connectivity index is 1.47. The maximum absolute atomic E-state index is 14.0. The van der Waals surface area contributed by atoms with Gasteiger partial charge in [0.15, 0.2) is 5.65 Å². The van der Waals surface area contributed by atoms with E-state index in [0.717, 1.165) is 21.9 Å². The number of carbonyl (C=O) groups excluding carboxylic acids is 2. The molecule has 252 valence electrons. The summed E-state index contributed by atoms with van der Waals surface area (Å²) in [5.41, 5.74) is 1.20. The predicted octanol–water partition coefficient (Wildman–Crippen LogP) is 6.98. The molecule has 0 unspecified atom stereocenters. The molecule has 1 aliphatic rings. The van der Waals surface area contributed by atoms with E-state index < -0.39 is 29.5 Å². The number of anilines is 2. The minimum atomic E-state index is -0.738. The number of β-amino-alcohol motifs (C(OH)–C–C–N with tert-alkyl or cyclic N) is 1. The number of benzene rings is 2. The zero-order valence-corrected chi connectivity index (χ0v) is 28.8. The number of piperidine rings is 1. The van der Waals surface area contributed by atoms with E-state index in [1.165, 1.54) is 0 Å². The van der Waals surface area contributed by atoms with Crippen LogP contribution in [0.2, 0.25) is 0 Å². The number of nitrogens with one attached hydrogen (secondary N) is 1. The molecule has 2 aromatic carbocycles. The van der Waals surface area contributed by atoms with E-state index in [-0.39, 0.29) is 24.9 Å². The summed E-state index contributed by atoms with van der Waals surface area (Å²) in [5.74, 6) is 1.06. The first-order valence-electron chi connectivity index (χ1n) is 16.4. The second-order valence-corrected chi connectivity index (χ2v) is 14.6. The molecular formula is C36H48N6O5. The molecule has 5 rings (SSSR count). The van der Waals surface area contributed by atoms with Crippen molar-refractivity contribution in [2.24, 2.45) is 5.92 Å². The highest BCUT2D eigenvalue weighted by Crippen LogP contribution is 2.30. The summed E-state index contributed by atoms with van der Waals surface area (Å²) < 4.78 is 13.1. The lowest BCUT2D eigenvalue weighted by atomic mass is 9.94. The van der Waals surface area contributed by atoms with Gasteiger partial charge in [-0.1, -0.05) is 56.3 Å². The maximum atomic E-state index is 14.0. The number of ether oxygens (including phenoxy) is 2. The number of aliphatic hydroxyl groups is 1. The van der Waals surface area contributed by atoms with Gasteiger partial charge in [-0.2, -0.15) is 9.61 Å². The lowest BCUT2D eigenvalue weighted by Gasteiger charge is -2.36. The van der Waals surface area contributed by atoms with Gasteiger partial charge in [-0.05, 0) is 70.2 Å². The van der Waals surface area contributed by atoms with Crippen LogP contribution in [0.15, 0.2) is 54.7 Å². The number of fused-ring (bicyclic) bond motifs is 2. The van der Waals surface area contributed by atoms with Crippen LogP contribution in [0.4, 0.5) is 21.2 Å². The molecule has 0 aliphatic carbocycles. The van der Waals surface area contributed by atoms with Crippen LogP contribution in [-0.4, -0.2) is 73.7 Å². The first-order chi connectivity index (χ1) is 22.1. The van der Waals surface area contributed by atoms with Crippen LogP contribution in [0.3, 0.4) is 0 Å². The molecule has 1 saturated heterocycles. The van der Waals surface area contributed by atoms with Gasteiger partial charge in [-0.15, -0.1) is 0 Å². The Hall–Kier alpha value is -4.38. The van der Waals surface area contributed by atoms with Crippen molar-refractivity contribution in [2.45, 2.75) is 91.6 Å².